The standard InChI is InChI=1S/C13H19FN2O4S/c1-9(2)20-10-4-5-12(11(14)8-10)16-13(17)15-6-7-21(3,18)19/h4-5,8-9H,6-7H2,1-3H3,(H2,15,16,17). The smallest absolute Gasteiger partial charge is 0.319 e. The van der Waals surface area contributed by atoms with E-state index in [1.807, 2.05) is 13.8 Å². The van der Waals surface area contributed by atoms with Gasteiger partial charge >= 0.3 is 6.03 Å². The fraction of sp³-hybridized carbons (Fsp3) is 0.462. The third kappa shape index (κ3) is 6.94. The highest BCUT2D eigenvalue weighted by Crippen LogP contribution is 2.21. The molecule has 1 aromatic carbocycles. The van der Waals surface area contributed by atoms with E-state index in [1.54, 1.807) is 0 Å². The molecule has 0 atom stereocenters. The number of rotatable bonds is 6. The molecule has 2 amide bonds. The predicted octanol–water partition coefficient (Wildman–Crippen LogP) is 1.78. The summed E-state index contributed by atoms with van der Waals surface area (Å²) in [5.74, 6) is -0.443. The van der Waals surface area contributed by atoms with E-state index in [4.69, 9.17) is 4.74 Å². The van der Waals surface area contributed by atoms with Crippen LogP contribution in [0.2, 0.25) is 0 Å². The molecule has 8 heteroatoms. The molecular formula is C13H19FN2O4S. The Morgan fingerprint density at radius 3 is 2.57 bits per heavy atom. The molecule has 1 aromatic rings. The molecule has 2 N–H and O–H groups in total. The molecule has 0 spiro atoms. The lowest BCUT2D eigenvalue weighted by molar-refractivity contribution is 0.241. The highest BCUT2D eigenvalue weighted by Gasteiger charge is 2.09. The lowest BCUT2D eigenvalue weighted by Gasteiger charge is -2.12. The van der Waals surface area contributed by atoms with Crippen LogP contribution in [0.5, 0.6) is 5.75 Å². The van der Waals surface area contributed by atoms with Gasteiger partial charge in [0.25, 0.3) is 0 Å². The molecule has 6 nitrogen and oxygen atoms in total. The van der Waals surface area contributed by atoms with Gasteiger partial charge in [0.05, 0.1) is 17.5 Å². The Morgan fingerprint density at radius 2 is 2.05 bits per heavy atom. The van der Waals surface area contributed by atoms with Crippen LogP contribution in [-0.4, -0.2) is 39.1 Å². The molecule has 1 rings (SSSR count). The van der Waals surface area contributed by atoms with Gasteiger partial charge in [0, 0.05) is 18.9 Å². The molecule has 0 aromatic heterocycles. The molecule has 118 valence electrons. The number of halogens is 1. The van der Waals surface area contributed by atoms with Crippen LogP contribution in [0.3, 0.4) is 0 Å². The first-order valence-electron chi connectivity index (χ1n) is 6.36. The number of anilines is 1. The molecule has 0 saturated carbocycles. The van der Waals surface area contributed by atoms with Crippen molar-refractivity contribution >= 4 is 21.6 Å². The van der Waals surface area contributed by atoms with Gasteiger partial charge in [-0.1, -0.05) is 0 Å². The molecular weight excluding hydrogens is 299 g/mol. The van der Waals surface area contributed by atoms with Gasteiger partial charge in [-0.05, 0) is 26.0 Å². The van der Waals surface area contributed by atoms with Gasteiger partial charge in [0.2, 0.25) is 0 Å². The number of ether oxygens (including phenoxy) is 1. The number of hydrogen-bond donors (Lipinski definition) is 2. The number of urea groups is 1. The van der Waals surface area contributed by atoms with Gasteiger partial charge in [-0.15, -0.1) is 0 Å². The second kappa shape index (κ2) is 7.26. The van der Waals surface area contributed by atoms with Gasteiger partial charge in [0.1, 0.15) is 21.4 Å². The van der Waals surface area contributed by atoms with Gasteiger partial charge in [0.15, 0.2) is 0 Å². The predicted molar refractivity (Wildman–Crippen MR) is 78.9 cm³/mol. The summed E-state index contributed by atoms with van der Waals surface area (Å²) in [5, 5.41) is 4.64. The third-order valence-corrected chi connectivity index (χ3v) is 3.26. The van der Waals surface area contributed by atoms with Crippen molar-refractivity contribution in [3.05, 3.63) is 24.0 Å². The number of amides is 2. The van der Waals surface area contributed by atoms with E-state index in [9.17, 15) is 17.6 Å². The highest BCUT2D eigenvalue weighted by atomic mass is 32.2. The van der Waals surface area contributed by atoms with Crippen LogP contribution >= 0.6 is 0 Å². The van der Waals surface area contributed by atoms with E-state index in [0.29, 0.717) is 5.75 Å². The van der Waals surface area contributed by atoms with Gasteiger partial charge in [-0.25, -0.2) is 17.6 Å². The number of carbonyl (C=O) groups excluding carboxylic acids is 1. The molecule has 21 heavy (non-hydrogen) atoms. The van der Waals surface area contributed by atoms with Crippen LogP contribution in [0.15, 0.2) is 18.2 Å². The third-order valence-electron chi connectivity index (χ3n) is 2.32. The van der Waals surface area contributed by atoms with Crippen LogP contribution in [-0.2, 0) is 9.84 Å². The molecule has 0 unspecified atom stereocenters. The number of nitrogens with one attached hydrogen (secondary N) is 2. The van der Waals surface area contributed by atoms with Gasteiger partial charge in [-0.2, -0.15) is 0 Å². The Morgan fingerprint density at radius 1 is 1.38 bits per heavy atom. The fourth-order valence-electron chi connectivity index (χ4n) is 1.46. The molecule has 0 fully saturated rings. The summed E-state index contributed by atoms with van der Waals surface area (Å²) >= 11 is 0. The Hall–Kier alpha value is -1.83. The average molecular weight is 318 g/mol. The summed E-state index contributed by atoms with van der Waals surface area (Å²) in [6.45, 7) is 3.60. The largest absolute Gasteiger partial charge is 0.491 e. The highest BCUT2D eigenvalue weighted by molar-refractivity contribution is 7.90. The normalized spacial score (nSPS) is 11.3. The van der Waals surface area contributed by atoms with Crippen molar-refractivity contribution in [3.63, 3.8) is 0 Å². The lowest BCUT2D eigenvalue weighted by Crippen LogP contribution is -2.32. The lowest BCUT2D eigenvalue weighted by atomic mass is 10.3. The van der Waals surface area contributed by atoms with Gasteiger partial charge in [-0.3, -0.25) is 0 Å². The first-order chi connectivity index (χ1) is 9.67. The molecule has 0 saturated heterocycles. The second-order valence-electron chi connectivity index (χ2n) is 4.82. The zero-order valence-electron chi connectivity index (χ0n) is 12.1. The van der Waals surface area contributed by atoms with E-state index < -0.39 is 21.7 Å². The minimum Gasteiger partial charge on any atom is -0.491 e. The zero-order chi connectivity index (χ0) is 16.0. The van der Waals surface area contributed by atoms with E-state index >= 15 is 0 Å². The molecule has 0 aliphatic heterocycles. The quantitative estimate of drug-likeness (QED) is 0.837. The molecule has 0 aliphatic carbocycles. The van der Waals surface area contributed by atoms with Crippen molar-refractivity contribution in [1.82, 2.24) is 5.32 Å². The Labute approximate surface area is 123 Å². The monoisotopic (exact) mass is 318 g/mol. The fourth-order valence-corrected chi connectivity index (χ4v) is 1.93. The first-order valence-corrected chi connectivity index (χ1v) is 8.42. The maximum Gasteiger partial charge on any atom is 0.319 e. The van der Waals surface area contributed by atoms with Gasteiger partial charge < -0.3 is 15.4 Å². The van der Waals surface area contributed by atoms with Crippen LogP contribution in [0.4, 0.5) is 14.9 Å². The summed E-state index contributed by atoms with van der Waals surface area (Å²) in [4.78, 5) is 11.5. The maximum absolute atomic E-state index is 13.8. The van der Waals surface area contributed by atoms with Crippen LogP contribution < -0.4 is 15.4 Å². The van der Waals surface area contributed by atoms with E-state index in [1.165, 1.54) is 18.2 Å². The molecule has 0 radical (unpaired) electrons. The summed E-state index contributed by atoms with van der Waals surface area (Å²) in [5.41, 5.74) is -0.0111. The topological polar surface area (TPSA) is 84.5 Å². The molecule has 0 heterocycles. The number of sulfone groups is 1. The van der Waals surface area contributed by atoms with Crippen LogP contribution in [0, 0.1) is 5.82 Å². The van der Waals surface area contributed by atoms with E-state index in [-0.39, 0.29) is 24.1 Å². The summed E-state index contributed by atoms with van der Waals surface area (Å²) in [6.07, 6.45) is 0.988. The van der Waals surface area contributed by atoms with Crippen molar-refractivity contribution in [2.75, 3.05) is 23.9 Å². The summed E-state index contributed by atoms with van der Waals surface area (Å²) < 4.78 is 40.9. The van der Waals surface area contributed by atoms with Crippen molar-refractivity contribution in [2.24, 2.45) is 0 Å². The number of carbonyl (C=O) groups is 1. The Balaban J connectivity index is 2.56. The Bertz CT molecular complexity index is 602. The first kappa shape index (κ1) is 17.2. The average Bonchev–Trinajstić information content (AvgIpc) is 2.30. The zero-order valence-corrected chi connectivity index (χ0v) is 13.0. The van der Waals surface area contributed by atoms with Crippen LogP contribution in [0.25, 0.3) is 0 Å². The van der Waals surface area contributed by atoms with E-state index in [2.05, 4.69) is 10.6 Å². The SMILES string of the molecule is CC(C)Oc1ccc(NC(=O)NCCS(C)(=O)=O)c(F)c1. The van der Waals surface area contributed by atoms with E-state index in [0.717, 1.165) is 6.26 Å². The minimum absolute atomic E-state index is 0.0111. The van der Waals surface area contributed by atoms with Crippen LogP contribution in [0.1, 0.15) is 13.8 Å². The molecule has 0 bridgehead atoms. The maximum atomic E-state index is 13.8. The van der Waals surface area contributed by atoms with Crippen molar-refractivity contribution in [2.45, 2.75) is 20.0 Å². The number of hydrogen-bond acceptors (Lipinski definition) is 4. The Kier molecular flexibility index (Phi) is 5.95. The van der Waals surface area contributed by atoms with Crippen molar-refractivity contribution in [1.29, 1.82) is 0 Å². The molecule has 0 aliphatic rings. The minimum atomic E-state index is -3.15. The van der Waals surface area contributed by atoms with Crippen molar-refractivity contribution in [3.8, 4) is 5.75 Å². The summed E-state index contributed by atoms with van der Waals surface area (Å²) in [7, 11) is -3.15. The summed E-state index contributed by atoms with van der Waals surface area (Å²) in [6, 6.07) is 3.42. The van der Waals surface area contributed by atoms with Crippen molar-refractivity contribution < 1.29 is 22.3 Å². The second-order valence-corrected chi connectivity index (χ2v) is 7.08. The number of benzene rings is 1.